The highest BCUT2D eigenvalue weighted by atomic mass is 79.9. The van der Waals surface area contributed by atoms with Gasteiger partial charge in [0.05, 0.1) is 0 Å². The number of carboxylic acid groups (broad SMARTS) is 1. The lowest BCUT2D eigenvalue weighted by atomic mass is 10.3. The van der Waals surface area contributed by atoms with Crippen molar-refractivity contribution in [3.05, 3.63) is 14.5 Å². The summed E-state index contributed by atoms with van der Waals surface area (Å²) in [6.07, 6.45) is 0. The fourth-order valence-corrected chi connectivity index (χ4v) is 2.02. The molecular weight excluding hydrogens is 246 g/mol. The Hall–Kier alpha value is -0.750. The standard InChI is InChI=1S/C6H4BrNO3S/c1-2(9)3-4(5(10)11)12-6(7)8-3/h1H3,(H,10,11). The maximum atomic E-state index is 10.8. The summed E-state index contributed by atoms with van der Waals surface area (Å²) in [5.41, 5.74) is 0.0133. The first-order valence-corrected chi connectivity index (χ1v) is 4.54. The minimum atomic E-state index is -1.12. The molecule has 0 radical (unpaired) electrons. The molecule has 0 unspecified atom stereocenters. The number of aromatic nitrogens is 1. The Labute approximate surface area is 80.4 Å². The summed E-state index contributed by atoms with van der Waals surface area (Å²) in [5.74, 6) is -1.46. The molecule has 0 amide bonds. The quantitative estimate of drug-likeness (QED) is 0.812. The van der Waals surface area contributed by atoms with E-state index >= 15 is 0 Å². The van der Waals surface area contributed by atoms with E-state index in [4.69, 9.17) is 5.11 Å². The van der Waals surface area contributed by atoms with Gasteiger partial charge < -0.3 is 5.11 Å². The van der Waals surface area contributed by atoms with Crippen molar-refractivity contribution in [1.29, 1.82) is 0 Å². The molecule has 1 rings (SSSR count). The Bertz CT molecular complexity index is 315. The first-order valence-electron chi connectivity index (χ1n) is 2.93. The van der Waals surface area contributed by atoms with Gasteiger partial charge in [0.2, 0.25) is 0 Å². The third-order valence-corrected chi connectivity index (χ3v) is 2.62. The lowest BCUT2D eigenvalue weighted by Gasteiger charge is -1.88. The van der Waals surface area contributed by atoms with Crippen LogP contribution in [0.2, 0.25) is 0 Å². The normalized spacial score (nSPS) is 9.83. The second-order valence-electron chi connectivity index (χ2n) is 2.01. The first kappa shape index (κ1) is 9.34. The van der Waals surface area contributed by atoms with Crippen molar-refractivity contribution in [3.8, 4) is 0 Å². The van der Waals surface area contributed by atoms with Gasteiger partial charge in [0.1, 0.15) is 10.6 Å². The van der Waals surface area contributed by atoms with Crippen LogP contribution in [0.15, 0.2) is 3.92 Å². The average molecular weight is 250 g/mol. The second-order valence-corrected chi connectivity index (χ2v) is 4.28. The fourth-order valence-electron chi connectivity index (χ4n) is 0.678. The average Bonchev–Trinajstić information content (AvgIpc) is 2.31. The van der Waals surface area contributed by atoms with Gasteiger partial charge in [-0.2, -0.15) is 0 Å². The summed E-state index contributed by atoms with van der Waals surface area (Å²) in [5, 5.41) is 8.63. The SMILES string of the molecule is CC(=O)c1nc(Br)sc1C(=O)O. The number of halogens is 1. The summed E-state index contributed by atoms with van der Waals surface area (Å²) in [6, 6.07) is 0. The fraction of sp³-hybridized carbons (Fsp3) is 0.167. The van der Waals surface area contributed by atoms with Crippen LogP contribution in [-0.2, 0) is 0 Å². The summed E-state index contributed by atoms with van der Waals surface area (Å²) in [6.45, 7) is 1.29. The van der Waals surface area contributed by atoms with Crippen molar-refractivity contribution in [2.24, 2.45) is 0 Å². The van der Waals surface area contributed by atoms with Crippen LogP contribution < -0.4 is 0 Å². The van der Waals surface area contributed by atoms with Crippen molar-refractivity contribution in [2.45, 2.75) is 6.92 Å². The topological polar surface area (TPSA) is 67.3 Å². The number of thiazole rings is 1. The van der Waals surface area contributed by atoms with Crippen molar-refractivity contribution in [1.82, 2.24) is 4.98 Å². The molecule has 4 nitrogen and oxygen atoms in total. The minimum absolute atomic E-state index is 0.0133. The summed E-state index contributed by atoms with van der Waals surface area (Å²) in [7, 11) is 0. The van der Waals surface area contributed by atoms with Crippen LogP contribution in [0, 0.1) is 0 Å². The Kier molecular flexibility index (Phi) is 2.58. The molecule has 0 atom stereocenters. The van der Waals surface area contributed by atoms with Crippen molar-refractivity contribution in [2.75, 3.05) is 0 Å². The monoisotopic (exact) mass is 249 g/mol. The molecule has 0 saturated carbocycles. The van der Waals surface area contributed by atoms with E-state index in [0.29, 0.717) is 3.92 Å². The van der Waals surface area contributed by atoms with Gasteiger partial charge in [-0.3, -0.25) is 4.79 Å². The number of carbonyl (C=O) groups is 2. The van der Waals surface area contributed by atoms with Gasteiger partial charge in [-0.15, -0.1) is 0 Å². The van der Waals surface area contributed by atoms with Crippen LogP contribution in [0.3, 0.4) is 0 Å². The molecule has 1 N–H and O–H groups in total. The molecule has 12 heavy (non-hydrogen) atoms. The zero-order chi connectivity index (χ0) is 9.30. The Morgan fingerprint density at radius 2 is 2.17 bits per heavy atom. The lowest BCUT2D eigenvalue weighted by Crippen LogP contribution is -2.02. The molecule has 0 spiro atoms. The van der Waals surface area contributed by atoms with Crippen molar-refractivity contribution in [3.63, 3.8) is 0 Å². The summed E-state index contributed by atoms with van der Waals surface area (Å²) >= 11 is 3.95. The zero-order valence-electron chi connectivity index (χ0n) is 6.00. The smallest absolute Gasteiger partial charge is 0.348 e. The van der Waals surface area contributed by atoms with E-state index in [0.717, 1.165) is 11.3 Å². The highest BCUT2D eigenvalue weighted by Crippen LogP contribution is 2.23. The molecule has 1 aromatic heterocycles. The molecule has 64 valence electrons. The van der Waals surface area contributed by atoms with E-state index < -0.39 is 5.97 Å². The van der Waals surface area contributed by atoms with Crippen LogP contribution in [0.4, 0.5) is 0 Å². The number of hydrogen-bond acceptors (Lipinski definition) is 4. The zero-order valence-corrected chi connectivity index (χ0v) is 8.40. The van der Waals surface area contributed by atoms with Crippen molar-refractivity contribution < 1.29 is 14.7 Å². The first-order chi connectivity index (χ1) is 5.52. The second kappa shape index (κ2) is 3.32. The number of ketones is 1. The van der Waals surface area contributed by atoms with Crippen LogP contribution in [0.1, 0.15) is 27.1 Å². The van der Waals surface area contributed by atoms with Gasteiger partial charge in [0.15, 0.2) is 9.70 Å². The molecule has 6 heteroatoms. The number of hydrogen-bond donors (Lipinski definition) is 1. The van der Waals surface area contributed by atoms with E-state index in [-0.39, 0.29) is 16.4 Å². The minimum Gasteiger partial charge on any atom is -0.477 e. The van der Waals surface area contributed by atoms with Gasteiger partial charge in [-0.05, 0) is 15.9 Å². The number of nitrogens with zero attached hydrogens (tertiary/aromatic N) is 1. The van der Waals surface area contributed by atoms with Gasteiger partial charge in [0, 0.05) is 6.92 Å². The third-order valence-electron chi connectivity index (χ3n) is 1.13. The Morgan fingerprint density at radius 3 is 2.50 bits per heavy atom. The van der Waals surface area contributed by atoms with E-state index in [9.17, 15) is 9.59 Å². The molecule has 1 aromatic rings. The third kappa shape index (κ3) is 1.70. The molecule has 1 heterocycles. The molecule has 0 aliphatic heterocycles. The van der Waals surface area contributed by atoms with Gasteiger partial charge >= 0.3 is 5.97 Å². The molecule has 0 aliphatic carbocycles. The number of aromatic carboxylic acids is 1. The predicted molar refractivity (Wildman–Crippen MR) is 46.8 cm³/mol. The van der Waals surface area contributed by atoms with Crippen molar-refractivity contribution >= 4 is 39.0 Å². The molecule has 0 aliphatic rings. The number of carboxylic acids is 1. The summed E-state index contributed by atoms with van der Waals surface area (Å²) in [4.78, 5) is 25.1. The van der Waals surface area contributed by atoms with E-state index in [1.807, 2.05) is 0 Å². The number of Topliss-reactive ketones (excluding diaryl/α,β-unsaturated/α-hetero) is 1. The lowest BCUT2D eigenvalue weighted by molar-refractivity contribution is 0.0697. The van der Waals surface area contributed by atoms with Crippen LogP contribution in [-0.4, -0.2) is 21.8 Å². The van der Waals surface area contributed by atoms with Crippen LogP contribution in [0.25, 0.3) is 0 Å². The highest BCUT2D eigenvalue weighted by Gasteiger charge is 2.19. The van der Waals surface area contributed by atoms with E-state index in [1.165, 1.54) is 6.92 Å². The maximum Gasteiger partial charge on any atom is 0.348 e. The van der Waals surface area contributed by atoms with Gasteiger partial charge in [0.25, 0.3) is 0 Å². The van der Waals surface area contributed by atoms with E-state index in [2.05, 4.69) is 20.9 Å². The molecule has 0 fully saturated rings. The van der Waals surface area contributed by atoms with Gasteiger partial charge in [-0.25, -0.2) is 9.78 Å². The largest absolute Gasteiger partial charge is 0.477 e. The van der Waals surface area contributed by atoms with Crippen LogP contribution in [0.5, 0.6) is 0 Å². The Morgan fingerprint density at radius 1 is 1.58 bits per heavy atom. The number of carbonyl (C=O) groups excluding carboxylic acids is 1. The highest BCUT2D eigenvalue weighted by molar-refractivity contribution is 9.11. The van der Waals surface area contributed by atoms with Crippen LogP contribution >= 0.6 is 27.3 Å². The van der Waals surface area contributed by atoms with Gasteiger partial charge in [-0.1, -0.05) is 11.3 Å². The Balaban J connectivity index is 3.26. The summed E-state index contributed by atoms with van der Waals surface area (Å²) < 4.78 is 0.408. The maximum absolute atomic E-state index is 10.8. The van der Waals surface area contributed by atoms with E-state index in [1.54, 1.807) is 0 Å². The predicted octanol–water partition coefficient (Wildman–Crippen LogP) is 1.81. The molecule has 0 bridgehead atoms. The molecule has 0 saturated heterocycles. The number of rotatable bonds is 2. The molecular formula is C6H4BrNO3S. The molecule has 0 aromatic carbocycles.